The molecule has 0 unspecified atom stereocenters. The number of nitrogens with two attached hydrogens (primary N) is 2. The largest absolute Gasteiger partial charge is 0.488 e. The monoisotopic (exact) mass is 393 g/mol. The van der Waals surface area contributed by atoms with Gasteiger partial charge in [0.2, 0.25) is 16.0 Å². The molecule has 0 saturated carbocycles. The summed E-state index contributed by atoms with van der Waals surface area (Å²) < 4.78 is 9.99. The highest BCUT2D eigenvalue weighted by Gasteiger charge is 2.18. The molecule has 0 bridgehead atoms. The highest BCUT2D eigenvalue weighted by molar-refractivity contribution is 7.18. The molecule has 12 heteroatoms. The van der Waals surface area contributed by atoms with Crippen LogP contribution in [0.2, 0.25) is 0 Å². The Morgan fingerprint density at radius 3 is 2.93 bits per heavy atom. The normalized spacial score (nSPS) is 11.6. The van der Waals surface area contributed by atoms with Crippen molar-refractivity contribution in [2.24, 2.45) is 16.5 Å². The molecule has 0 aliphatic heterocycles. The third-order valence-electron chi connectivity index (χ3n) is 3.04. The number of nitrogens with one attached hydrogen (secondary N) is 2. The molecule has 0 atom stereocenters. The Hall–Kier alpha value is -3.25. The lowest BCUT2D eigenvalue weighted by atomic mass is 10.3. The predicted octanol–water partition coefficient (Wildman–Crippen LogP) is 0.688. The van der Waals surface area contributed by atoms with Gasteiger partial charge in [-0.3, -0.25) is 10.1 Å². The number of methoxy groups -OCH3 is 1. The van der Waals surface area contributed by atoms with Crippen LogP contribution in [-0.2, 0) is 0 Å². The van der Waals surface area contributed by atoms with E-state index in [0.29, 0.717) is 29.6 Å². The van der Waals surface area contributed by atoms with E-state index in [-0.39, 0.29) is 16.6 Å². The van der Waals surface area contributed by atoms with Gasteiger partial charge in [0.1, 0.15) is 0 Å². The number of aliphatic imine (C=N–C) groups is 1. The lowest BCUT2D eigenvalue weighted by molar-refractivity contribution is 0.0991. The number of carbonyl (C=O) groups excluding carboxylic acids is 1. The zero-order valence-corrected chi connectivity index (χ0v) is 15.5. The summed E-state index contributed by atoms with van der Waals surface area (Å²) in [4.78, 5) is 28.5. The van der Waals surface area contributed by atoms with Crippen LogP contribution in [0.15, 0.2) is 32.5 Å². The number of hydrogen-bond donors (Lipinski definition) is 4. The third kappa shape index (κ3) is 5.36. The van der Waals surface area contributed by atoms with Gasteiger partial charge < -0.3 is 25.9 Å². The summed E-state index contributed by atoms with van der Waals surface area (Å²) in [6, 6.07) is 1.35. The Labute approximate surface area is 158 Å². The first kappa shape index (κ1) is 20.1. The van der Waals surface area contributed by atoms with Crippen molar-refractivity contribution in [2.75, 3.05) is 30.8 Å². The predicted molar refractivity (Wildman–Crippen MR) is 103 cm³/mol. The van der Waals surface area contributed by atoms with E-state index in [9.17, 15) is 9.59 Å². The van der Waals surface area contributed by atoms with Gasteiger partial charge in [0.05, 0.1) is 12.8 Å². The number of ether oxygens (including phenoxy) is 1. The Morgan fingerprint density at radius 1 is 1.48 bits per heavy atom. The van der Waals surface area contributed by atoms with Gasteiger partial charge >= 0.3 is 5.63 Å². The van der Waals surface area contributed by atoms with Gasteiger partial charge in [-0.1, -0.05) is 11.3 Å². The number of allylic oxidation sites excluding steroid dienone is 1. The van der Waals surface area contributed by atoms with Gasteiger partial charge in [-0.25, -0.2) is 9.79 Å². The van der Waals surface area contributed by atoms with Crippen LogP contribution in [0, 0.1) is 0 Å². The van der Waals surface area contributed by atoms with Crippen molar-refractivity contribution in [3.05, 3.63) is 34.5 Å². The van der Waals surface area contributed by atoms with Gasteiger partial charge in [-0.05, 0) is 19.2 Å². The number of nitrogens with zero attached hydrogens (tertiary/aromatic N) is 3. The van der Waals surface area contributed by atoms with Crippen molar-refractivity contribution in [2.45, 2.75) is 6.92 Å². The number of amides is 1. The summed E-state index contributed by atoms with van der Waals surface area (Å²) in [7, 11) is 1.32. The minimum Gasteiger partial charge on any atom is -0.488 e. The summed E-state index contributed by atoms with van der Waals surface area (Å²) in [5.74, 6) is -0.936. The highest BCUT2D eigenvalue weighted by atomic mass is 32.1. The number of hydrogen-bond acceptors (Lipinski definition) is 11. The summed E-state index contributed by atoms with van der Waals surface area (Å²) >= 11 is 1.05. The fourth-order valence-corrected chi connectivity index (χ4v) is 2.59. The quantitative estimate of drug-likeness (QED) is 0.471. The van der Waals surface area contributed by atoms with E-state index < -0.39 is 11.5 Å². The van der Waals surface area contributed by atoms with Crippen molar-refractivity contribution in [1.29, 1.82) is 0 Å². The van der Waals surface area contributed by atoms with E-state index in [1.54, 1.807) is 13.0 Å². The Balaban J connectivity index is 2.21. The van der Waals surface area contributed by atoms with Gasteiger partial charge in [-0.2, -0.15) is 0 Å². The maximum absolute atomic E-state index is 12.4. The number of rotatable bonds is 8. The van der Waals surface area contributed by atoms with Crippen LogP contribution in [0.25, 0.3) is 0 Å². The molecular formula is C15H19N7O4S. The van der Waals surface area contributed by atoms with Crippen LogP contribution < -0.4 is 32.5 Å². The molecule has 0 fully saturated rings. The van der Waals surface area contributed by atoms with E-state index in [2.05, 4.69) is 25.8 Å². The number of aromatic nitrogens is 2. The van der Waals surface area contributed by atoms with E-state index >= 15 is 0 Å². The summed E-state index contributed by atoms with van der Waals surface area (Å²) in [6.45, 7) is 2.46. The number of anilines is 2. The zero-order chi connectivity index (χ0) is 19.8. The lowest BCUT2D eigenvalue weighted by Gasteiger charge is -2.10. The first-order chi connectivity index (χ1) is 13.0. The molecule has 11 nitrogen and oxygen atoms in total. The zero-order valence-electron chi connectivity index (χ0n) is 14.7. The van der Waals surface area contributed by atoms with Crippen molar-refractivity contribution in [1.82, 2.24) is 10.2 Å². The van der Waals surface area contributed by atoms with E-state index in [4.69, 9.17) is 20.6 Å². The second-order valence-electron chi connectivity index (χ2n) is 5.02. The van der Waals surface area contributed by atoms with Crippen LogP contribution in [0.3, 0.4) is 0 Å². The summed E-state index contributed by atoms with van der Waals surface area (Å²) in [5, 5.41) is 13.6. The molecule has 0 radical (unpaired) electrons. The molecule has 0 aromatic carbocycles. The average molecular weight is 393 g/mol. The van der Waals surface area contributed by atoms with Gasteiger partial charge in [0.15, 0.2) is 5.76 Å². The molecule has 1 amide bonds. The van der Waals surface area contributed by atoms with Crippen molar-refractivity contribution >= 4 is 38.9 Å². The second kappa shape index (κ2) is 9.45. The fraction of sp³-hybridized carbons (Fsp3) is 0.267. The summed E-state index contributed by atoms with van der Waals surface area (Å²) in [5.41, 5.74) is 10.9. The Bertz CT molecular complexity index is 919. The second-order valence-corrected chi connectivity index (χ2v) is 5.97. The van der Waals surface area contributed by atoms with Crippen LogP contribution >= 0.6 is 11.3 Å². The number of carbonyl (C=O) groups is 1. The van der Waals surface area contributed by atoms with Crippen LogP contribution in [0.1, 0.15) is 17.5 Å². The van der Waals surface area contributed by atoms with Gasteiger partial charge in [0, 0.05) is 24.9 Å². The first-order valence-corrected chi connectivity index (χ1v) is 8.54. The molecule has 0 aliphatic rings. The first-order valence-electron chi connectivity index (χ1n) is 7.73. The van der Waals surface area contributed by atoms with E-state index in [1.165, 1.54) is 19.4 Å². The average Bonchev–Trinajstić information content (AvgIpc) is 3.06. The fourth-order valence-electron chi connectivity index (χ4n) is 1.92. The van der Waals surface area contributed by atoms with Crippen molar-refractivity contribution in [3.63, 3.8) is 0 Å². The topological polar surface area (TPSA) is 171 Å². The highest BCUT2D eigenvalue weighted by Crippen LogP contribution is 2.25. The molecule has 2 heterocycles. The molecule has 2 aromatic rings. The summed E-state index contributed by atoms with van der Waals surface area (Å²) in [6.07, 6.45) is 2.95. The van der Waals surface area contributed by atoms with Crippen LogP contribution in [-0.4, -0.2) is 42.0 Å². The SMILES string of the molecule is COc1c(NCCN)cc(C(=O)Nc2nnc(/N=C(C)/C=C\N)s2)oc1=O. The van der Waals surface area contributed by atoms with E-state index in [0.717, 1.165) is 11.3 Å². The molecule has 2 rings (SSSR count). The van der Waals surface area contributed by atoms with Crippen molar-refractivity contribution in [3.8, 4) is 5.75 Å². The molecular weight excluding hydrogens is 374 g/mol. The molecule has 0 aliphatic carbocycles. The minimum absolute atomic E-state index is 0.0454. The molecule has 0 saturated heterocycles. The van der Waals surface area contributed by atoms with Crippen molar-refractivity contribution < 1.29 is 13.9 Å². The molecule has 144 valence electrons. The van der Waals surface area contributed by atoms with E-state index in [1.807, 2.05) is 0 Å². The Kier molecular flexibility index (Phi) is 7.02. The smallest absolute Gasteiger partial charge is 0.381 e. The maximum atomic E-state index is 12.4. The maximum Gasteiger partial charge on any atom is 0.381 e. The third-order valence-corrected chi connectivity index (χ3v) is 3.77. The van der Waals surface area contributed by atoms with Gasteiger partial charge in [-0.15, -0.1) is 10.2 Å². The minimum atomic E-state index is -0.795. The van der Waals surface area contributed by atoms with Gasteiger partial charge in [0.25, 0.3) is 5.91 Å². The Morgan fingerprint density at radius 2 is 2.26 bits per heavy atom. The lowest BCUT2D eigenvalue weighted by Crippen LogP contribution is -2.19. The van der Waals surface area contributed by atoms with Crippen LogP contribution in [0.5, 0.6) is 5.75 Å². The molecule has 27 heavy (non-hydrogen) atoms. The van der Waals surface area contributed by atoms with Crippen LogP contribution in [0.4, 0.5) is 16.0 Å². The molecule has 2 aromatic heterocycles. The standard InChI is InChI=1S/C15H19N7O4S/c1-8(3-4-16)19-14-21-22-15(27-14)20-12(23)10-7-9(18-6-5-17)11(25-2)13(24)26-10/h3-4,7,18H,5-6,16-17H2,1-2H3,(H,20,22,23)/b4-3-,19-8+. The molecule has 0 spiro atoms. The molecule has 6 N–H and O–H groups in total.